The van der Waals surface area contributed by atoms with Crippen molar-refractivity contribution in [3.63, 3.8) is 0 Å². The number of nitrogens with one attached hydrogen (secondary N) is 1. The first kappa shape index (κ1) is 16.4. The van der Waals surface area contributed by atoms with Crippen LogP contribution in [0.25, 0.3) is 0 Å². The van der Waals surface area contributed by atoms with Crippen molar-refractivity contribution in [2.75, 3.05) is 18.4 Å². The van der Waals surface area contributed by atoms with E-state index in [2.05, 4.69) is 23.5 Å². The largest absolute Gasteiger partial charge is 0.489 e. The maximum absolute atomic E-state index is 12.5. The average Bonchev–Trinajstić information content (AvgIpc) is 2.60. The van der Waals surface area contributed by atoms with Crippen molar-refractivity contribution in [1.29, 1.82) is 0 Å². The van der Waals surface area contributed by atoms with E-state index < -0.39 is 0 Å². The van der Waals surface area contributed by atoms with Crippen molar-refractivity contribution in [3.05, 3.63) is 59.7 Å². The molecule has 1 amide bonds. The quantitative estimate of drug-likeness (QED) is 0.915. The number of anilines is 1. The van der Waals surface area contributed by atoms with Gasteiger partial charge in [-0.15, -0.1) is 0 Å². The Morgan fingerprint density at radius 3 is 2.62 bits per heavy atom. The molecule has 126 valence electrons. The van der Waals surface area contributed by atoms with Crippen LogP contribution in [-0.4, -0.2) is 30.0 Å². The third kappa shape index (κ3) is 3.88. The number of hydrogen-bond donors (Lipinski definition) is 1. The Kier molecular flexibility index (Phi) is 5.04. The third-order valence-electron chi connectivity index (χ3n) is 4.16. The summed E-state index contributed by atoms with van der Waals surface area (Å²) in [5.74, 6) is 0.896. The van der Waals surface area contributed by atoms with Crippen LogP contribution in [0.15, 0.2) is 48.5 Å². The van der Waals surface area contributed by atoms with Crippen molar-refractivity contribution in [2.45, 2.75) is 32.9 Å². The van der Waals surface area contributed by atoms with Crippen LogP contribution in [0, 0.1) is 0 Å². The molecule has 0 bridgehead atoms. The van der Waals surface area contributed by atoms with E-state index in [1.54, 1.807) is 0 Å². The number of para-hydroxylation sites is 2. The summed E-state index contributed by atoms with van der Waals surface area (Å²) < 4.78 is 5.78. The van der Waals surface area contributed by atoms with Gasteiger partial charge in [0, 0.05) is 13.1 Å². The Balaban J connectivity index is 1.61. The number of ether oxygens (including phenoxy) is 1. The number of hydrogen-bond acceptors (Lipinski definition) is 3. The molecule has 4 nitrogen and oxygen atoms in total. The Labute approximate surface area is 143 Å². The molecule has 0 unspecified atom stereocenters. The maximum Gasteiger partial charge on any atom is 0.242 e. The first-order valence-electron chi connectivity index (χ1n) is 8.47. The normalized spacial score (nSPS) is 13.5. The Hall–Kier alpha value is -2.49. The fourth-order valence-electron chi connectivity index (χ4n) is 2.96. The van der Waals surface area contributed by atoms with Gasteiger partial charge in [-0.05, 0) is 43.5 Å². The van der Waals surface area contributed by atoms with E-state index in [0.29, 0.717) is 6.54 Å². The first-order chi connectivity index (χ1) is 11.6. The summed E-state index contributed by atoms with van der Waals surface area (Å²) >= 11 is 0. The van der Waals surface area contributed by atoms with Gasteiger partial charge in [0.15, 0.2) is 0 Å². The van der Waals surface area contributed by atoms with E-state index in [1.807, 2.05) is 49.1 Å². The van der Waals surface area contributed by atoms with Crippen LogP contribution in [-0.2, 0) is 17.8 Å². The predicted molar refractivity (Wildman–Crippen MR) is 96.3 cm³/mol. The molecule has 4 heteroatoms. The summed E-state index contributed by atoms with van der Waals surface area (Å²) in [6, 6.07) is 16.1. The van der Waals surface area contributed by atoms with Crippen LogP contribution in [0.3, 0.4) is 0 Å². The lowest BCUT2D eigenvalue weighted by Crippen LogP contribution is -2.39. The lowest BCUT2D eigenvalue weighted by Gasteiger charge is -2.29. The second-order valence-corrected chi connectivity index (χ2v) is 6.35. The molecule has 0 saturated carbocycles. The van der Waals surface area contributed by atoms with E-state index in [-0.39, 0.29) is 18.6 Å². The van der Waals surface area contributed by atoms with Gasteiger partial charge in [-0.1, -0.05) is 36.4 Å². The van der Waals surface area contributed by atoms with E-state index in [9.17, 15) is 4.79 Å². The van der Waals surface area contributed by atoms with Crippen LogP contribution in [0.2, 0.25) is 0 Å². The lowest BCUT2D eigenvalue weighted by molar-refractivity contribution is -0.130. The number of fused-ring (bicyclic) bond motifs is 1. The van der Waals surface area contributed by atoms with Crippen molar-refractivity contribution < 1.29 is 9.53 Å². The molecule has 2 aromatic carbocycles. The molecule has 1 heterocycles. The van der Waals surface area contributed by atoms with Crippen LogP contribution < -0.4 is 10.1 Å². The smallest absolute Gasteiger partial charge is 0.242 e. The number of amides is 1. The van der Waals surface area contributed by atoms with Gasteiger partial charge in [-0.25, -0.2) is 0 Å². The number of carbonyl (C=O) groups is 1. The van der Waals surface area contributed by atoms with E-state index >= 15 is 0 Å². The highest BCUT2D eigenvalue weighted by Crippen LogP contribution is 2.25. The molecular weight excluding hydrogens is 300 g/mol. The van der Waals surface area contributed by atoms with Crippen molar-refractivity contribution in [3.8, 4) is 5.75 Å². The summed E-state index contributed by atoms with van der Waals surface area (Å²) in [4.78, 5) is 14.5. The SMILES string of the molecule is CC(C)Oc1ccccc1NCC(=O)N1CCc2ccccc2C1. The molecule has 0 aromatic heterocycles. The van der Waals surface area contributed by atoms with Crippen molar-refractivity contribution >= 4 is 11.6 Å². The molecule has 0 atom stereocenters. The van der Waals surface area contributed by atoms with Gasteiger partial charge < -0.3 is 15.0 Å². The van der Waals surface area contributed by atoms with Crippen LogP contribution in [0.5, 0.6) is 5.75 Å². The summed E-state index contributed by atoms with van der Waals surface area (Å²) in [5.41, 5.74) is 3.46. The molecule has 3 rings (SSSR count). The van der Waals surface area contributed by atoms with Gasteiger partial charge in [0.2, 0.25) is 5.91 Å². The van der Waals surface area contributed by atoms with Gasteiger partial charge in [0.1, 0.15) is 5.75 Å². The lowest BCUT2D eigenvalue weighted by atomic mass is 10.00. The fraction of sp³-hybridized carbons (Fsp3) is 0.350. The van der Waals surface area contributed by atoms with Crippen molar-refractivity contribution in [2.24, 2.45) is 0 Å². The third-order valence-corrected chi connectivity index (χ3v) is 4.16. The number of nitrogens with zero attached hydrogens (tertiary/aromatic N) is 1. The van der Waals surface area contributed by atoms with Gasteiger partial charge in [0.05, 0.1) is 18.3 Å². The molecule has 0 fully saturated rings. The average molecular weight is 324 g/mol. The molecule has 1 N–H and O–H groups in total. The minimum absolute atomic E-state index is 0.0993. The maximum atomic E-state index is 12.5. The topological polar surface area (TPSA) is 41.6 Å². The Morgan fingerprint density at radius 2 is 1.83 bits per heavy atom. The number of benzene rings is 2. The molecule has 2 aromatic rings. The molecular formula is C20H24N2O2. The standard InChI is InChI=1S/C20H24N2O2/c1-15(2)24-19-10-6-5-9-18(19)21-13-20(23)22-12-11-16-7-3-4-8-17(16)14-22/h3-10,15,21H,11-14H2,1-2H3. The summed E-state index contributed by atoms with van der Waals surface area (Å²) in [5, 5.41) is 3.22. The Bertz CT molecular complexity index is 712. The zero-order chi connectivity index (χ0) is 16.9. The van der Waals surface area contributed by atoms with Gasteiger partial charge >= 0.3 is 0 Å². The summed E-state index contributed by atoms with van der Waals surface area (Å²) in [7, 11) is 0. The van der Waals surface area contributed by atoms with Crippen molar-refractivity contribution in [1.82, 2.24) is 4.90 Å². The minimum atomic E-state index is 0.0993. The van der Waals surface area contributed by atoms with E-state index in [1.165, 1.54) is 11.1 Å². The van der Waals surface area contributed by atoms with Gasteiger partial charge in [-0.3, -0.25) is 4.79 Å². The molecule has 24 heavy (non-hydrogen) atoms. The van der Waals surface area contributed by atoms with Gasteiger partial charge in [0.25, 0.3) is 0 Å². The Morgan fingerprint density at radius 1 is 1.12 bits per heavy atom. The predicted octanol–water partition coefficient (Wildman–Crippen LogP) is 3.47. The molecule has 1 aliphatic heterocycles. The second kappa shape index (κ2) is 7.39. The van der Waals surface area contributed by atoms with Crippen LogP contribution in [0.1, 0.15) is 25.0 Å². The van der Waals surface area contributed by atoms with E-state index in [0.717, 1.165) is 24.4 Å². The number of rotatable bonds is 5. The molecule has 0 spiro atoms. The summed E-state index contributed by atoms with van der Waals surface area (Å²) in [6.07, 6.45) is 1.02. The minimum Gasteiger partial charge on any atom is -0.489 e. The molecule has 0 saturated heterocycles. The summed E-state index contributed by atoms with van der Waals surface area (Å²) in [6.45, 7) is 5.74. The van der Waals surface area contributed by atoms with Gasteiger partial charge in [-0.2, -0.15) is 0 Å². The highest BCUT2D eigenvalue weighted by molar-refractivity contribution is 5.81. The zero-order valence-electron chi connectivity index (χ0n) is 14.3. The second-order valence-electron chi connectivity index (χ2n) is 6.35. The van der Waals surface area contributed by atoms with Crippen LogP contribution in [0.4, 0.5) is 5.69 Å². The monoisotopic (exact) mass is 324 g/mol. The first-order valence-corrected chi connectivity index (χ1v) is 8.47. The fourth-order valence-corrected chi connectivity index (χ4v) is 2.96. The highest BCUT2D eigenvalue weighted by atomic mass is 16.5. The molecule has 0 aliphatic carbocycles. The number of carbonyl (C=O) groups excluding carboxylic acids is 1. The van der Waals surface area contributed by atoms with Crippen LogP contribution >= 0.6 is 0 Å². The molecule has 0 radical (unpaired) electrons. The molecule has 1 aliphatic rings. The zero-order valence-corrected chi connectivity index (χ0v) is 14.3. The van der Waals surface area contributed by atoms with E-state index in [4.69, 9.17) is 4.74 Å². The highest BCUT2D eigenvalue weighted by Gasteiger charge is 2.20.